The molecule has 1 unspecified atom stereocenters. The fourth-order valence-electron chi connectivity index (χ4n) is 3.75. The van der Waals surface area contributed by atoms with Crippen molar-refractivity contribution in [3.8, 4) is 5.75 Å². The number of piperazine rings is 1. The maximum atomic E-state index is 12.5. The normalized spacial score (nSPS) is 15.6. The minimum atomic E-state index is -0.936. The summed E-state index contributed by atoms with van der Waals surface area (Å²) in [6, 6.07) is 16.1. The molecule has 1 heterocycles. The van der Waals surface area contributed by atoms with Gasteiger partial charge >= 0.3 is 5.97 Å². The zero-order chi connectivity index (χ0) is 24.2. The predicted octanol–water partition coefficient (Wildman–Crippen LogP) is 1.69. The van der Waals surface area contributed by atoms with E-state index in [-0.39, 0.29) is 19.2 Å². The van der Waals surface area contributed by atoms with E-state index in [0.29, 0.717) is 37.6 Å². The Hall–Kier alpha value is -2.98. The van der Waals surface area contributed by atoms with Crippen LogP contribution in [0.3, 0.4) is 0 Å². The number of ether oxygens (including phenoxy) is 3. The van der Waals surface area contributed by atoms with Crippen LogP contribution in [0.1, 0.15) is 15.9 Å². The highest BCUT2D eigenvalue weighted by atomic mass is 16.7. The molecule has 1 aliphatic rings. The first-order valence-electron chi connectivity index (χ1n) is 11.4. The lowest BCUT2D eigenvalue weighted by Crippen LogP contribution is -2.55. The van der Waals surface area contributed by atoms with Crippen LogP contribution in [0.4, 0.5) is 0 Å². The van der Waals surface area contributed by atoms with Crippen LogP contribution in [0.15, 0.2) is 54.6 Å². The first kappa shape index (κ1) is 25.6. The fraction of sp³-hybridized carbons (Fsp3) is 0.440. The average Bonchev–Trinajstić information content (AvgIpc) is 2.86. The van der Waals surface area contributed by atoms with E-state index in [1.54, 1.807) is 31.4 Å². The second-order valence-electron chi connectivity index (χ2n) is 8.05. The molecule has 9 nitrogen and oxygen atoms in total. The number of aliphatic carboxylic acids is 1. The summed E-state index contributed by atoms with van der Waals surface area (Å²) in [7, 11) is 1.60. The van der Waals surface area contributed by atoms with Gasteiger partial charge < -0.3 is 24.6 Å². The van der Waals surface area contributed by atoms with Crippen LogP contribution in [0, 0.1) is 0 Å². The minimum absolute atomic E-state index is 0.0401. The molecule has 0 radical (unpaired) electrons. The summed E-state index contributed by atoms with van der Waals surface area (Å²) in [5, 5.41) is 12.5. The Bertz CT molecular complexity index is 885. The largest absolute Gasteiger partial charge is 0.480 e. The van der Waals surface area contributed by atoms with Gasteiger partial charge in [0.05, 0.1) is 13.2 Å². The van der Waals surface area contributed by atoms with E-state index in [4.69, 9.17) is 14.2 Å². The number of amides is 1. The zero-order valence-corrected chi connectivity index (χ0v) is 19.5. The van der Waals surface area contributed by atoms with Crippen LogP contribution >= 0.6 is 0 Å². The van der Waals surface area contributed by atoms with E-state index in [2.05, 4.69) is 22.3 Å². The third-order valence-corrected chi connectivity index (χ3v) is 5.69. The summed E-state index contributed by atoms with van der Waals surface area (Å²) in [5.41, 5.74) is 1.68. The van der Waals surface area contributed by atoms with Crippen LogP contribution in [-0.4, -0.2) is 92.7 Å². The predicted molar refractivity (Wildman–Crippen MR) is 127 cm³/mol. The molecule has 1 fully saturated rings. The molecule has 0 aliphatic carbocycles. The molecule has 0 bridgehead atoms. The molecule has 2 aromatic rings. The molecule has 9 heteroatoms. The van der Waals surface area contributed by atoms with Gasteiger partial charge in [0, 0.05) is 51.9 Å². The molecular formula is C25H33N3O6. The zero-order valence-electron chi connectivity index (χ0n) is 19.5. The Morgan fingerprint density at radius 2 is 1.71 bits per heavy atom. The summed E-state index contributed by atoms with van der Waals surface area (Å²) >= 11 is 0. The summed E-state index contributed by atoms with van der Waals surface area (Å²) in [4.78, 5) is 28.7. The van der Waals surface area contributed by atoms with Crippen molar-refractivity contribution in [1.82, 2.24) is 15.1 Å². The third-order valence-electron chi connectivity index (χ3n) is 5.69. The van der Waals surface area contributed by atoms with Crippen LogP contribution in [0.25, 0.3) is 0 Å². The fourth-order valence-corrected chi connectivity index (χ4v) is 3.75. The van der Waals surface area contributed by atoms with E-state index >= 15 is 0 Å². The molecule has 0 spiro atoms. The number of hydrogen-bond acceptors (Lipinski definition) is 7. The van der Waals surface area contributed by atoms with Gasteiger partial charge in [0.15, 0.2) is 6.79 Å². The Labute approximate surface area is 200 Å². The van der Waals surface area contributed by atoms with E-state index in [0.717, 1.165) is 19.6 Å². The molecule has 2 N–H and O–H groups in total. The van der Waals surface area contributed by atoms with E-state index in [9.17, 15) is 14.7 Å². The number of carboxylic acids is 1. The van der Waals surface area contributed by atoms with Crippen LogP contribution in [0.2, 0.25) is 0 Å². The summed E-state index contributed by atoms with van der Waals surface area (Å²) in [6.07, 6.45) is 0. The van der Waals surface area contributed by atoms with E-state index in [1.165, 1.54) is 5.56 Å². The lowest BCUT2D eigenvalue weighted by Gasteiger charge is -2.37. The van der Waals surface area contributed by atoms with Crippen molar-refractivity contribution in [1.29, 1.82) is 0 Å². The molecule has 1 aliphatic heterocycles. The minimum Gasteiger partial charge on any atom is -0.480 e. The Morgan fingerprint density at radius 1 is 1.00 bits per heavy atom. The number of benzene rings is 2. The summed E-state index contributed by atoms with van der Waals surface area (Å²) < 4.78 is 15.6. The number of rotatable bonds is 13. The van der Waals surface area contributed by atoms with Crippen molar-refractivity contribution in [3.63, 3.8) is 0 Å². The highest BCUT2D eigenvalue weighted by Gasteiger charge is 2.29. The maximum Gasteiger partial charge on any atom is 0.322 e. The van der Waals surface area contributed by atoms with Crippen molar-refractivity contribution in [2.45, 2.75) is 12.6 Å². The number of carbonyl (C=O) groups is 2. The summed E-state index contributed by atoms with van der Waals surface area (Å²) in [6.45, 7) is 4.74. The van der Waals surface area contributed by atoms with Crippen molar-refractivity contribution < 1.29 is 28.9 Å². The molecule has 184 valence electrons. The van der Waals surface area contributed by atoms with Crippen LogP contribution in [0.5, 0.6) is 5.75 Å². The molecule has 34 heavy (non-hydrogen) atoms. The molecular weight excluding hydrogens is 438 g/mol. The Kier molecular flexibility index (Phi) is 10.3. The molecule has 1 saturated heterocycles. The highest BCUT2D eigenvalue weighted by Crippen LogP contribution is 2.13. The molecule has 2 aromatic carbocycles. The molecule has 0 aromatic heterocycles. The van der Waals surface area contributed by atoms with Gasteiger partial charge in [-0.3, -0.25) is 19.4 Å². The van der Waals surface area contributed by atoms with E-state index in [1.807, 2.05) is 23.1 Å². The second kappa shape index (κ2) is 13.7. The number of nitrogens with one attached hydrogen (secondary N) is 1. The smallest absolute Gasteiger partial charge is 0.322 e. The molecule has 3 rings (SSSR count). The first-order valence-corrected chi connectivity index (χ1v) is 11.4. The van der Waals surface area contributed by atoms with Gasteiger partial charge in [-0.1, -0.05) is 30.3 Å². The lowest BCUT2D eigenvalue weighted by atomic mass is 10.1. The standard InChI is InChI=1S/C25H33N3O6/c1-32-15-16-33-19-34-22-9-7-21(8-10-22)24(29)26-17-23(25(30)31)28-13-11-27(12-14-28)18-20-5-3-2-4-6-20/h2-10,23H,11-19H2,1H3,(H,26,29)(H,30,31). The lowest BCUT2D eigenvalue weighted by molar-refractivity contribution is -0.143. The number of methoxy groups -OCH3 is 1. The van der Waals surface area contributed by atoms with Crippen molar-refractivity contribution >= 4 is 11.9 Å². The monoisotopic (exact) mass is 471 g/mol. The molecule has 1 atom stereocenters. The highest BCUT2D eigenvalue weighted by molar-refractivity contribution is 5.94. The summed E-state index contributed by atoms with van der Waals surface area (Å²) in [5.74, 6) is -0.684. The third kappa shape index (κ3) is 8.11. The Balaban J connectivity index is 1.43. The van der Waals surface area contributed by atoms with Gasteiger partial charge in [0.25, 0.3) is 5.91 Å². The van der Waals surface area contributed by atoms with Gasteiger partial charge in [0.1, 0.15) is 11.8 Å². The van der Waals surface area contributed by atoms with Crippen molar-refractivity contribution in [2.75, 3.05) is 59.8 Å². The molecule has 0 saturated carbocycles. The Morgan fingerprint density at radius 3 is 2.35 bits per heavy atom. The number of carboxylic acid groups (broad SMARTS) is 1. The second-order valence-corrected chi connectivity index (χ2v) is 8.05. The SMILES string of the molecule is COCCOCOc1ccc(C(=O)NCC(C(=O)O)N2CCN(Cc3ccccc3)CC2)cc1. The first-order chi connectivity index (χ1) is 16.6. The van der Waals surface area contributed by atoms with Gasteiger partial charge in [-0.05, 0) is 29.8 Å². The van der Waals surface area contributed by atoms with E-state index < -0.39 is 12.0 Å². The number of nitrogens with zero attached hydrogens (tertiary/aromatic N) is 2. The van der Waals surface area contributed by atoms with Gasteiger partial charge in [-0.15, -0.1) is 0 Å². The quantitative estimate of drug-likeness (QED) is 0.336. The van der Waals surface area contributed by atoms with Crippen molar-refractivity contribution in [2.24, 2.45) is 0 Å². The van der Waals surface area contributed by atoms with Crippen LogP contribution in [-0.2, 0) is 20.8 Å². The van der Waals surface area contributed by atoms with Gasteiger partial charge in [0.2, 0.25) is 0 Å². The van der Waals surface area contributed by atoms with Crippen molar-refractivity contribution in [3.05, 3.63) is 65.7 Å². The maximum absolute atomic E-state index is 12.5. The van der Waals surface area contributed by atoms with Gasteiger partial charge in [-0.2, -0.15) is 0 Å². The average molecular weight is 472 g/mol. The topological polar surface area (TPSA) is 101 Å². The number of hydrogen-bond donors (Lipinski definition) is 2. The van der Waals surface area contributed by atoms with Crippen LogP contribution < -0.4 is 10.1 Å². The molecule has 1 amide bonds. The number of carbonyl (C=O) groups excluding carboxylic acids is 1. The van der Waals surface area contributed by atoms with Gasteiger partial charge in [-0.25, -0.2) is 0 Å².